The van der Waals surface area contributed by atoms with Crippen LogP contribution in [0, 0.1) is 5.82 Å². The first-order valence-electron chi connectivity index (χ1n) is 9.40. The summed E-state index contributed by atoms with van der Waals surface area (Å²) in [5.41, 5.74) is 4.11. The summed E-state index contributed by atoms with van der Waals surface area (Å²) in [6.07, 6.45) is 0.900. The smallest absolute Gasteiger partial charge is 0.223 e. The van der Waals surface area contributed by atoms with E-state index in [9.17, 15) is 14.0 Å². The van der Waals surface area contributed by atoms with E-state index < -0.39 is 5.82 Å². The molecule has 0 atom stereocenters. The molecule has 1 aliphatic heterocycles. The lowest BCUT2D eigenvalue weighted by Gasteiger charge is -2.27. The maximum Gasteiger partial charge on any atom is 0.223 e. The Balaban J connectivity index is 1.43. The number of benzene rings is 2. The number of hydrogen-bond acceptors (Lipinski definition) is 3. The van der Waals surface area contributed by atoms with E-state index in [1.54, 1.807) is 11.0 Å². The van der Waals surface area contributed by atoms with Gasteiger partial charge < -0.3 is 4.90 Å². The molecule has 0 aliphatic carbocycles. The normalized spacial score (nSPS) is 13.2. The van der Waals surface area contributed by atoms with E-state index in [-0.39, 0.29) is 24.5 Å². The summed E-state index contributed by atoms with van der Waals surface area (Å²) in [6, 6.07) is 12.8. The molecule has 0 unspecified atom stereocenters. The van der Waals surface area contributed by atoms with Crippen molar-refractivity contribution in [3.63, 3.8) is 0 Å². The highest BCUT2D eigenvalue weighted by molar-refractivity contribution is 6.30. The summed E-state index contributed by atoms with van der Waals surface area (Å²) in [5, 5.41) is 8.11. The van der Waals surface area contributed by atoms with Crippen LogP contribution in [0.5, 0.6) is 0 Å². The lowest BCUT2D eigenvalue weighted by atomic mass is 10.00. The number of nitrogens with zero attached hydrogens (tertiary/aromatic N) is 2. The van der Waals surface area contributed by atoms with Crippen LogP contribution in [-0.2, 0) is 17.8 Å². The van der Waals surface area contributed by atoms with Crippen molar-refractivity contribution in [3.8, 4) is 11.3 Å². The monoisotopic (exact) mass is 411 g/mol. The maximum atomic E-state index is 13.0. The molecule has 5 nitrogen and oxygen atoms in total. The molecule has 148 valence electrons. The number of ketones is 1. The Labute approximate surface area is 172 Å². The number of H-pyrrole nitrogens is 1. The van der Waals surface area contributed by atoms with Gasteiger partial charge in [-0.05, 0) is 36.4 Å². The van der Waals surface area contributed by atoms with Crippen molar-refractivity contribution in [1.29, 1.82) is 0 Å². The van der Waals surface area contributed by atoms with Gasteiger partial charge in [0.25, 0.3) is 0 Å². The molecule has 1 amide bonds. The summed E-state index contributed by atoms with van der Waals surface area (Å²) in [6.45, 7) is 1.02. The van der Waals surface area contributed by atoms with E-state index in [1.807, 2.05) is 18.2 Å². The highest BCUT2D eigenvalue weighted by atomic mass is 35.5. The van der Waals surface area contributed by atoms with Gasteiger partial charge in [0, 0.05) is 59.8 Å². The topological polar surface area (TPSA) is 66.1 Å². The third-order valence-corrected chi connectivity index (χ3v) is 5.35. The number of rotatable bonds is 5. The Morgan fingerprint density at radius 1 is 1.14 bits per heavy atom. The molecular formula is C22H19ClFN3O2. The standard InChI is InChI=1S/C22H19ClFN3O2/c23-16-3-1-2-15(12-16)22-18-13-27(11-10-19(18)25-26-22)21(29)9-8-20(28)14-4-6-17(24)7-5-14/h1-7,12H,8-11,13H2,(H,25,26). The van der Waals surface area contributed by atoms with E-state index in [0.29, 0.717) is 30.1 Å². The minimum Gasteiger partial charge on any atom is -0.338 e. The minimum absolute atomic E-state index is 0.0793. The summed E-state index contributed by atoms with van der Waals surface area (Å²) < 4.78 is 13.0. The second kappa shape index (κ2) is 8.17. The van der Waals surface area contributed by atoms with Crippen LogP contribution in [0.15, 0.2) is 48.5 Å². The number of Topliss-reactive ketones (excluding diaryl/α,β-unsaturated/α-hetero) is 1. The zero-order valence-corrected chi connectivity index (χ0v) is 16.4. The number of hydrogen-bond donors (Lipinski definition) is 1. The van der Waals surface area contributed by atoms with Crippen LogP contribution >= 0.6 is 11.6 Å². The quantitative estimate of drug-likeness (QED) is 0.632. The fourth-order valence-electron chi connectivity index (χ4n) is 3.54. The van der Waals surface area contributed by atoms with Crippen LogP contribution in [0.2, 0.25) is 5.02 Å². The lowest BCUT2D eigenvalue weighted by molar-refractivity contribution is -0.132. The van der Waals surface area contributed by atoms with Crippen molar-refractivity contribution in [2.45, 2.75) is 25.8 Å². The predicted octanol–water partition coefficient (Wildman–Crippen LogP) is 4.42. The average molecular weight is 412 g/mol. The molecule has 1 aromatic heterocycles. The van der Waals surface area contributed by atoms with E-state index >= 15 is 0 Å². The molecule has 0 bridgehead atoms. The molecule has 0 saturated heterocycles. The van der Waals surface area contributed by atoms with Crippen molar-refractivity contribution in [2.75, 3.05) is 6.54 Å². The highest BCUT2D eigenvalue weighted by Gasteiger charge is 2.26. The molecule has 2 aromatic carbocycles. The van der Waals surface area contributed by atoms with E-state index in [0.717, 1.165) is 22.5 Å². The van der Waals surface area contributed by atoms with Gasteiger partial charge in [-0.15, -0.1) is 0 Å². The van der Waals surface area contributed by atoms with Crippen LogP contribution in [0.3, 0.4) is 0 Å². The van der Waals surface area contributed by atoms with Crippen molar-refractivity contribution < 1.29 is 14.0 Å². The third-order valence-electron chi connectivity index (χ3n) is 5.12. The first-order valence-corrected chi connectivity index (χ1v) is 9.77. The Kier molecular flexibility index (Phi) is 5.45. The Morgan fingerprint density at radius 3 is 2.69 bits per heavy atom. The van der Waals surface area contributed by atoms with Crippen LogP contribution in [0.25, 0.3) is 11.3 Å². The molecule has 0 fully saturated rings. The van der Waals surface area contributed by atoms with E-state index in [2.05, 4.69) is 10.2 Å². The van der Waals surface area contributed by atoms with Crippen LogP contribution in [0.1, 0.15) is 34.5 Å². The second-order valence-electron chi connectivity index (χ2n) is 7.04. The van der Waals surface area contributed by atoms with Gasteiger partial charge >= 0.3 is 0 Å². The van der Waals surface area contributed by atoms with E-state index in [4.69, 9.17) is 11.6 Å². The van der Waals surface area contributed by atoms with Gasteiger partial charge in [0.2, 0.25) is 5.91 Å². The number of halogens is 2. The molecule has 2 heterocycles. The maximum absolute atomic E-state index is 13.0. The Hall–Kier alpha value is -2.99. The second-order valence-corrected chi connectivity index (χ2v) is 7.47. The van der Waals surface area contributed by atoms with Gasteiger partial charge in [-0.25, -0.2) is 4.39 Å². The summed E-state index contributed by atoms with van der Waals surface area (Å²) >= 11 is 6.10. The first kappa shape index (κ1) is 19.3. The van der Waals surface area contributed by atoms with Crippen LogP contribution < -0.4 is 0 Å². The number of nitrogens with one attached hydrogen (secondary N) is 1. The van der Waals surface area contributed by atoms with Gasteiger partial charge in [0.1, 0.15) is 5.82 Å². The highest BCUT2D eigenvalue weighted by Crippen LogP contribution is 2.30. The molecule has 0 saturated carbocycles. The molecule has 4 rings (SSSR count). The molecule has 0 spiro atoms. The zero-order valence-electron chi connectivity index (χ0n) is 15.6. The van der Waals surface area contributed by atoms with Crippen molar-refractivity contribution in [1.82, 2.24) is 15.1 Å². The molecule has 7 heteroatoms. The number of aromatic nitrogens is 2. The summed E-state index contributed by atoms with van der Waals surface area (Å²) in [4.78, 5) is 26.7. The molecule has 0 radical (unpaired) electrons. The fraction of sp³-hybridized carbons (Fsp3) is 0.227. The number of amides is 1. The van der Waals surface area contributed by atoms with Crippen LogP contribution in [-0.4, -0.2) is 33.3 Å². The number of carbonyl (C=O) groups is 2. The van der Waals surface area contributed by atoms with Crippen molar-refractivity contribution >= 4 is 23.3 Å². The molecule has 3 aromatic rings. The minimum atomic E-state index is -0.391. The third kappa shape index (κ3) is 4.22. The van der Waals surface area contributed by atoms with Crippen LogP contribution in [0.4, 0.5) is 4.39 Å². The predicted molar refractivity (Wildman–Crippen MR) is 108 cm³/mol. The zero-order chi connectivity index (χ0) is 20.4. The van der Waals surface area contributed by atoms with Crippen molar-refractivity contribution in [3.05, 3.63) is 76.2 Å². The number of aromatic amines is 1. The van der Waals surface area contributed by atoms with Gasteiger partial charge in [-0.1, -0.05) is 23.7 Å². The Bertz CT molecular complexity index is 1060. The van der Waals surface area contributed by atoms with Gasteiger partial charge in [0.15, 0.2) is 5.78 Å². The molecular weight excluding hydrogens is 393 g/mol. The molecule has 1 aliphatic rings. The van der Waals surface area contributed by atoms with E-state index in [1.165, 1.54) is 24.3 Å². The molecule has 29 heavy (non-hydrogen) atoms. The average Bonchev–Trinajstić information content (AvgIpc) is 3.15. The molecule has 1 N–H and O–H groups in total. The summed E-state index contributed by atoms with van der Waals surface area (Å²) in [7, 11) is 0. The lowest BCUT2D eigenvalue weighted by Crippen LogP contribution is -2.36. The number of carbonyl (C=O) groups excluding carboxylic acids is 2. The van der Waals surface area contributed by atoms with Gasteiger partial charge in [-0.2, -0.15) is 5.10 Å². The summed E-state index contributed by atoms with van der Waals surface area (Å²) in [5.74, 6) is -0.638. The Morgan fingerprint density at radius 2 is 1.93 bits per heavy atom. The number of fused-ring (bicyclic) bond motifs is 1. The largest absolute Gasteiger partial charge is 0.338 e. The van der Waals surface area contributed by atoms with Gasteiger partial charge in [0.05, 0.1) is 5.69 Å². The first-order chi connectivity index (χ1) is 14.0. The SMILES string of the molecule is O=C(CCC(=O)N1CCc2[nH]nc(-c3cccc(Cl)c3)c2C1)c1ccc(F)cc1. The van der Waals surface area contributed by atoms with Gasteiger partial charge in [-0.3, -0.25) is 14.7 Å². The van der Waals surface area contributed by atoms with Crippen molar-refractivity contribution in [2.24, 2.45) is 0 Å². The fourth-order valence-corrected chi connectivity index (χ4v) is 3.73.